The molecule has 2 N–H and O–H groups in total. The zero-order valence-corrected chi connectivity index (χ0v) is 12.3. The predicted octanol–water partition coefficient (Wildman–Crippen LogP) is 0.459. The second-order valence-electron chi connectivity index (χ2n) is 4.80. The Morgan fingerprint density at radius 1 is 1.28 bits per heavy atom. The van der Waals surface area contributed by atoms with Crippen molar-refractivity contribution >= 4 is 5.91 Å². The van der Waals surface area contributed by atoms with Gasteiger partial charge in [-0.25, -0.2) is 0 Å². The highest BCUT2D eigenvalue weighted by molar-refractivity contribution is 5.77. The molecule has 108 valence electrons. The van der Waals surface area contributed by atoms with E-state index in [4.69, 9.17) is 4.74 Å². The van der Waals surface area contributed by atoms with E-state index >= 15 is 0 Å². The zero-order valence-electron chi connectivity index (χ0n) is 12.3. The molecule has 5 nitrogen and oxygen atoms in total. The van der Waals surface area contributed by atoms with E-state index in [0.717, 1.165) is 25.9 Å². The molecule has 0 bridgehead atoms. The molecule has 18 heavy (non-hydrogen) atoms. The van der Waals surface area contributed by atoms with Gasteiger partial charge in [-0.15, -0.1) is 0 Å². The highest BCUT2D eigenvalue weighted by Crippen LogP contribution is 1.97. The SMILES string of the molecule is COCCNCC(=O)NCCCCN(C)C(C)C. The predicted molar refractivity (Wildman–Crippen MR) is 74.8 cm³/mol. The normalized spacial score (nSPS) is 11.2. The van der Waals surface area contributed by atoms with Crippen LogP contribution in [0.3, 0.4) is 0 Å². The van der Waals surface area contributed by atoms with E-state index in [1.165, 1.54) is 0 Å². The largest absolute Gasteiger partial charge is 0.383 e. The number of nitrogens with one attached hydrogen (secondary N) is 2. The number of hydrogen-bond donors (Lipinski definition) is 2. The second kappa shape index (κ2) is 11.4. The first-order valence-corrected chi connectivity index (χ1v) is 6.74. The molecule has 0 aromatic heterocycles. The first kappa shape index (κ1) is 17.4. The summed E-state index contributed by atoms with van der Waals surface area (Å²) in [6, 6.07) is 0.588. The lowest BCUT2D eigenvalue weighted by atomic mass is 10.2. The Bertz CT molecular complexity index is 210. The number of carbonyl (C=O) groups is 1. The van der Waals surface area contributed by atoms with Gasteiger partial charge < -0.3 is 20.3 Å². The van der Waals surface area contributed by atoms with E-state index < -0.39 is 0 Å². The summed E-state index contributed by atoms with van der Waals surface area (Å²) < 4.78 is 4.88. The van der Waals surface area contributed by atoms with Crippen LogP contribution in [0.5, 0.6) is 0 Å². The van der Waals surface area contributed by atoms with Gasteiger partial charge in [-0.3, -0.25) is 4.79 Å². The van der Waals surface area contributed by atoms with Gasteiger partial charge in [-0.1, -0.05) is 0 Å². The molecule has 0 rings (SSSR count). The van der Waals surface area contributed by atoms with Gasteiger partial charge in [0.1, 0.15) is 0 Å². The maximum absolute atomic E-state index is 11.4. The van der Waals surface area contributed by atoms with E-state index in [9.17, 15) is 4.79 Å². The Balaban J connectivity index is 3.30. The lowest BCUT2D eigenvalue weighted by Crippen LogP contribution is -2.36. The molecular formula is C13H29N3O2. The molecule has 0 aromatic carbocycles. The van der Waals surface area contributed by atoms with Crippen LogP contribution in [0.15, 0.2) is 0 Å². The number of unbranched alkanes of at least 4 members (excludes halogenated alkanes) is 1. The molecular weight excluding hydrogens is 230 g/mol. The van der Waals surface area contributed by atoms with Crippen molar-refractivity contribution in [1.29, 1.82) is 0 Å². The molecule has 0 aliphatic carbocycles. The van der Waals surface area contributed by atoms with Crippen LogP contribution in [0.2, 0.25) is 0 Å². The van der Waals surface area contributed by atoms with E-state index in [2.05, 4.69) is 36.4 Å². The molecule has 0 saturated heterocycles. The van der Waals surface area contributed by atoms with E-state index in [0.29, 0.717) is 25.7 Å². The number of rotatable bonds is 11. The average Bonchev–Trinajstić information content (AvgIpc) is 2.33. The smallest absolute Gasteiger partial charge is 0.233 e. The fourth-order valence-corrected chi connectivity index (χ4v) is 1.41. The molecule has 0 aromatic rings. The molecule has 0 radical (unpaired) electrons. The van der Waals surface area contributed by atoms with Crippen molar-refractivity contribution in [3.63, 3.8) is 0 Å². The summed E-state index contributed by atoms with van der Waals surface area (Å²) in [6.45, 7) is 7.93. The van der Waals surface area contributed by atoms with E-state index in [-0.39, 0.29) is 5.91 Å². The van der Waals surface area contributed by atoms with Crippen LogP contribution < -0.4 is 10.6 Å². The molecule has 1 amide bonds. The summed E-state index contributed by atoms with van der Waals surface area (Å²) in [5, 5.41) is 5.92. The van der Waals surface area contributed by atoms with Gasteiger partial charge in [0.05, 0.1) is 13.2 Å². The van der Waals surface area contributed by atoms with Crippen molar-refractivity contribution in [1.82, 2.24) is 15.5 Å². The fourth-order valence-electron chi connectivity index (χ4n) is 1.41. The van der Waals surface area contributed by atoms with Crippen molar-refractivity contribution < 1.29 is 9.53 Å². The average molecular weight is 259 g/mol. The Morgan fingerprint density at radius 2 is 2.00 bits per heavy atom. The van der Waals surface area contributed by atoms with Gasteiger partial charge in [-0.05, 0) is 40.3 Å². The van der Waals surface area contributed by atoms with Crippen LogP contribution in [-0.2, 0) is 9.53 Å². The van der Waals surface area contributed by atoms with Crippen molar-refractivity contribution in [2.75, 3.05) is 46.9 Å². The van der Waals surface area contributed by atoms with Gasteiger partial charge >= 0.3 is 0 Å². The lowest BCUT2D eigenvalue weighted by Gasteiger charge is -2.20. The Kier molecular flexibility index (Phi) is 11.0. The van der Waals surface area contributed by atoms with Crippen LogP contribution in [0.25, 0.3) is 0 Å². The highest BCUT2D eigenvalue weighted by Gasteiger charge is 2.02. The number of methoxy groups -OCH3 is 1. The third-order valence-corrected chi connectivity index (χ3v) is 2.91. The molecule has 0 saturated carbocycles. The molecule has 0 fully saturated rings. The van der Waals surface area contributed by atoms with Crippen LogP contribution in [0.1, 0.15) is 26.7 Å². The first-order valence-electron chi connectivity index (χ1n) is 6.74. The summed E-state index contributed by atoms with van der Waals surface area (Å²) in [6.07, 6.45) is 2.15. The number of hydrogen-bond acceptors (Lipinski definition) is 4. The molecule has 5 heteroatoms. The maximum Gasteiger partial charge on any atom is 0.233 e. The molecule has 0 aliphatic rings. The van der Waals surface area contributed by atoms with Gasteiger partial charge in [0.15, 0.2) is 0 Å². The van der Waals surface area contributed by atoms with Gasteiger partial charge in [0.25, 0.3) is 0 Å². The van der Waals surface area contributed by atoms with Crippen LogP contribution in [0.4, 0.5) is 0 Å². The fraction of sp³-hybridized carbons (Fsp3) is 0.923. The molecule has 0 unspecified atom stereocenters. The molecule has 0 atom stereocenters. The minimum Gasteiger partial charge on any atom is -0.383 e. The minimum atomic E-state index is 0.0586. The lowest BCUT2D eigenvalue weighted by molar-refractivity contribution is -0.120. The van der Waals surface area contributed by atoms with Gasteiger partial charge in [0.2, 0.25) is 5.91 Å². The number of nitrogens with zero attached hydrogens (tertiary/aromatic N) is 1. The van der Waals surface area contributed by atoms with Gasteiger partial charge in [-0.2, -0.15) is 0 Å². The van der Waals surface area contributed by atoms with Gasteiger partial charge in [0, 0.05) is 26.2 Å². The second-order valence-corrected chi connectivity index (χ2v) is 4.80. The molecule has 0 spiro atoms. The quantitative estimate of drug-likeness (QED) is 0.529. The Hall–Kier alpha value is -0.650. The number of amides is 1. The minimum absolute atomic E-state index is 0.0586. The third kappa shape index (κ3) is 10.5. The van der Waals surface area contributed by atoms with E-state index in [1.807, 2.05) is 0 Å². The number of carbonyl (C=O) groups excluding carboxylic acids is 1. The standard InChI is InChI=1S/C13H29N3O2/c1-12(2)16(3)9-6-5-7-15-13(17)11-14-8-10-18-4/h12,14H,5-11H2,1-4H3,(H,15,17). The third-order valence-electron chi connectivity index (χ3n) is 2.91. The highest BCUT2D eigenvalue weighted by atomic mass is 16.5. The summed E-state index contributed by atoms with van der Waals surface area (Å²) >= 11 is 0. The van der Waals surface area contributed by atoms with Crippen molar-refractivity contribution in [3.05, 3.63) is 0 Å². The van der Waals surface area contributed by atoms with Crippen molar-refractivity contribution in [2.24, 2.45) is 0 Å². The van der Waals surface area contributed by atoms with Crippen molar-refractivity contribution in [2.45, 2.75) is 32.7 Å². The maximum atomic E-state index is 11.4. The van der Waals surface area contributed by atoms with Crippen LogP contribution in [-0.4, -0.2) is 63.8 Å². The monoisotopic (exact) mass is 259 g/mol. The Labute approximate surface area is 111 Å². The summed E-state index contributed by atoms with van der Waals surface area (Å²) in [5.41, 5.74) is 0. The number of ether oxygens (including phenoxy) is 1. The van der Waals surface area contributed by atoms with Crippen molar-refractivity contribution in [3.8, 4) is 0 Å². The zero-order chi connectivity index (χ0) is 13.8. The molecule has 0 heterocycles. The summed E-state index contributed by atoms with van der Waals surface area (Å²) in [5.74, 6) is 0.0586. The summed E-state index contributed by atoms with van der Waals surface area (Å²) in [7, 11) is 3.78. The summed E-state index contributed by atoms with van der Waals surface area (Å²) in [4.78, 5) is 13.7. The first-order chi connectivity index (χ1) is 8.57. The Morgan fingerprint density at radius 3 is 2.61 bits per heavy atom. The molecule has 0 aliphatic heterocycles. The van der Waals surface area contributed by atoms with E-state index in [1.54, 1.807) is 7.11 Å². The topological polar surface area (TPSA) is 53.6 Å². The van der Waals surface area contributed by atoms with Crippen LogP contribution >= 0.6 is 0 Å². The van der Waals surface area contributed by atoms with Crippen LogP contribution in [0, 0.1) is 0 Å².